The molecule has 34 heavy (non-hydrogen) atoms. The van der Waals surface area contributed by atoms with Gasteiger partial charge in [0.1, 0.15) is 5.82 Å². The Morgan fingerprint density at radius 3 is 2.26 bits per heavy atom. The Balaban J connectivity index is 1.21. The van der Waals surface area contributed by atoms with E-state index >= 15 is 0 Å². The molecule has 1 amide bonds. The summed E-state index contributed by atoms with van der Waals surface area (Å²) in [6, 6.07) is 18.9. The first kappa shape index (κ1) is 22.3. The summed E-state index contributed by atoms with van der Waals surface area (Å²) in [5.74, 6) is -0.611. The summed E-state index contributed by atoms with van der Waals surface area (Å²) in [5.41, 5.74) is 1.79. The van der Waals surface area contributed by atoms with Gasteiger partial charge in [0.25, 0.3) is 15.9 Å². The van der Waals surface area contributed by atoms with E-state index in [4.69, 9.17) is 4.98 Å². The maximum atomic E-state index is 13.1. The number of rotatable bonds is 5. The Morgan fingerprint density at radius 2 is 1.59 bits per heavy atom. The smallest absolute Gasteiger partial charge is 0.261 e. The van der Waals surface area contributed by atoms with E-state index < -0.39 is 15.8 Å². The summed E-state index contributed by atoms with van der Waals surface area (Å²) in [7, 11) is -3.85. The monoisotopic (exact) mass is 496 g/mol. The highest BCUT2D eigenvalue weighted by Gasteiger charge is 2.24. The number of amides is 1. The van der Waals surface area contributed by atoms with Crippen molar-refractivity contribution in [2.75, 3.05) is 35.8 Å². The van der Waals surface area contributed by atoms with Crippen LogP contribution >= 0.6 is 11.3 Å². The quantitative estimate of drug-likeness (QED) is 0.448. The van der Waals surface area contributed by atoms with Crippen LogP contribution in [0.4, 0.5) is 15.2 Å². The minimum Gasteiger partial charge on any atom is -0.345 e. The van der Waals surface area contributed by atoms with Crippen molar-refractivity contribution in [3.63, 3.8) is 0 Å². The fourth-order valence-electron chi connectivity index (χ4n) is 3.79. The number of anilines is 2. The molecule has 1 N–H and O–H groups in total. The molecule has 1 saturated heterocycles. The number of fused-ring (bicyclic) bond motifs is 1. The van der Waals surface area contributed by atoms with Gasteiger partial charge in [-0.2, -0.15) is 0 Å². The number of aromatic nitrogens is 1. The number of sulfonamides is 1. The third-order valence-corrected chi connectivity index (χ3v) is 8.12. The zero-order valence-electron chi connectivity index (χ0n) is 18.0. The summed E-state index contributed by atoms with van der Waals surface area (Å²) in [6.07, 6.45) is 0. The molecule has 0 saturated carbocycles. The summed E-state index contributed by atoms with van der Waals surface area (Å²) in [6.45, 7) is 2.55. The highest BCUT2D eigenvalue weighted by Crippen LogP contribution is 2.29. The van der Waals surface area contributed by atoms with E-state index in [2.05, 4.69) is 15.7 Å². The summed E-state index contributed by atoms with van der Waals surface area (Å²) >= 11 is 1.65. The van der Waals surface area contributed by atoms with Gasteiger partial charge >= 0.3 is 0 Å². The number of halogens is 1. The molecule has 0 bridgehead atoms. The second kappa shape index (κ2) is 9.03. The lowest BCUT2D eigenvalue weighted by atomic mass is 10.1. The molecular formula is C24H21FN4O3S2. The molecule has 5 rings (SSSR count). The summed E-state index contributed by atoms with van der Waals surface area (Å²) in [4.78, 5) is 21.6. The summed E-state index contributed by atoms with van der Waals surface area (Å²) in [5, 5.41) is 0.964. The van der Waals surface area contributed by atoms with Crippen molar-refractivity contribution in [3.05, 3.63) is 84.2 Å². The van der Waals surface area contributed by atoms with Crippen molar-refractivity contribution >= 4 is 48.3 Å². The molecular weight excluding hydrogens is 475 g/mol. The van der Waals surface area contributed by atoms with Crippen molar-refractivity contribution in [2.45, 2.75) is 4.90 Å². The first-order valence-corrected chi connectivity index (χ1v) is 13.0. The number of para-hydroxylation sites is 1. The minimum atomic E-state index is -3.85. The molecule has 10 heteroatoms. The number of nitrogens with one attached hydrogen (secondary N) is 1. The third-order valence-electron chi connectivity index (χ3n) is 5.63. The van der Waals surface area contributed by atoms with Crippen LogP contribution in [-0.4, -0.2) is 50.4 Å². The first-order chi connectivity index (χ1) is 16.4. The van der Waals surface area contributed by atoms with Gasteiger partial charge < -0.3 is 9.80 Å². The molecule has 174 valence electrons. The third kappa shape index (κ3) is 4.59. The minimum absolute atomic E-state index is 0.0416. The number of hydrogen-bond donors (Lipinski definition) is 1. The highest BCUT2D eigenvalue weighted by molar-refractivity contribution is 7.92. The van der Waals surface area contributed by atoms with Gasteiger partial charge in [-0.05, 0) is 60.7 Å². The standard InChI is InChI=1S/C24H21FN4O3S2/c25-18-7-11-20(12-8-18)34(31,32)27-19-9-5-17(6-10-19)23(30)28-13-15-29(16-14-28)24-26-21-3-1-2-4-22(21)33-24/h1-12,27H,13-16H2. The number of thiazole rings is 1. The molecule has 1 aromatic heterocycles. The van der Waals surface area contributed by atoms with Gasteiger partial charge in [0.15, 0.2) is 5.13 Å². The van der Waals surface area contributed by atoms with Crippen LogP contribution in [0.1, 0.15) is 10.4 Å². The predicted octanol–water partition coefficient (Wildman–Crippen LogP) is 4.20. The van der Waals surface area contributed by atoms with Crippen LogP contribution in [0, 0.1) is 5.82 Å². The van der Waals surface area contributed by atoms with Crippen LogP contribution in [0.15, 0.2) is 77.7 Å². The Hall–Kier alpha value is -3.50. The van der Waals surface area contributed by atoms with Gasteiger partial charge in [-0.3, -0.25) is 9.52 Å². The van der Waals surface area contributed by atoms with E-state index in [0.717, 1.165) is 27.5 Å². The Labute approximate surface area is 200 Å². The molecule has 0 spiro atoms. The number of carbonyl (C=O) groups excluding carboxylic acids is 1. The lowest BCUT2D eigenvalue weighted by Gasteiger charge is -2.34. The number of hydrogen-bond acceptors (Lipinski definition) is 6. The number of nitrogens with zero attached hydrogens (tertiary/aromatic N) is 3. The Morgan fingerprint density at radius 1 is 0.912 bits per heavy atom. The van der Waals surface area contributed by atoms with Crippen LogP contribution in [0.3, 0.4) is 0 Å². The molecule has 0 unspecified atom stereocenters. The van der Waals surface area contributed by atoms with Gasteiger partial charge in [-0.1, -0.05) is 23.5 Å². The largest absolute Gasteiger partial charge is 0.345 e. The van der Waals surface area contributed by atoms with Crippen molar-refractivity contribution in [2.24, 2.45) is 0 Å². The van der Waals surface area contributed by atoms with Gasteiger partial charge in [-0.25, -0.2) is 17.8 Å². The molecule has 2 heterocycles. The molecule has 0 radical (unpaired) electrons. The molecule has 1 aliphatic rings. The second-order valence-electron chi connectivity index (χ2n) is 7.88. The number of piperazine rings is 1. The maximum Gasteiger partial charge on any atom is 0.261 e. The zero-order chi connectivity index (χ0) is 23.7. The first-order valence-electron chi connectivity index (χ1n) is 10.7. The lowest BCUT2D eigenvalue weighted by molar-refractivity contribution is 0.0747. The van der Waals surface area contributed by atoms with E-state index in [1.165, 1.54) is 12.1 Å². The molecule has 0 atom stereocenters. The van der Waals surface area contributed by atoms with Crippen LogP contribution in [0.25, 0.3) is 10.2 Å². The molecule has 1 aliphatic heterocycles. The van der Waals surface area contributed by atoms with Crippen molar-refractivity contribution in [1.29, 1.82) is 0 Å². The van der Waals surface area contributed by atoms with Gasteiger partial charge in [0.2, 0.25) is 0 Å². The zero-order valence-corrected chi connectivity index (χ0v) is 19.7. The molecule has 7 nitrogen and oxygen atoms in total. The second-order valence-corrected chi connectivity index (χ2v) is 10.6. The van der Waals surface area contributed by atoms with Crippen molar-refractivity contribution in [1.82, 2.24) is 9.88 Å². The summed E-state index contributed by atoms with van der Waals surface area (Å²) < 4.78 is 41.6. The van der Waals surface area contributed by atoms with E-state index in [0.29, 0.717) is 37.4 Å². The van der Waals surface area contributed by atoms with E-state index in [-0.39, 0.29) is 10.8 Å². The molecule has 0 aliphatic carbocycles. The SMILES string of the molecule is O=C(c1ccc(NS(=O)(=O)c2ccc(F)cc2)cc1)N1CCN(c2nc3ccccc3s2)CC1. The van der Waals surface area contributed by atoms with Crippen LogP contribution in [-0.2, 0) is 10.0 Å². The van der Waals surface area contributed by atoms with E-state index in [1.807, 2.05) is 18.2 Å². The Kier molecular flexibility index (Phi) is 5.93. The van der Waals surface area contributed by atoms with Gasteiger partial charge in [-0.15, -0.1) is 0 Å². The molecule has 3 aromatic carbocycles. The van der Waals surface area contributed by atoms with Gasteiger partial charge in [0, 0.05) is 37.4 Å². The maximum absolute atomic E-state index is 13.1. The fraction of sp³-hybridized carbons (Fsp3) is 0.167. The van der Waals surface area contributed by atoms with Crippen LogP contribution in [0.2, 0.25) is 0 Å². The topological polar surface area (TPSA) is 82.6 Å². The van der Waals surface area contributed by atoms with Gasteiger partial charge in [0.05, 0.1) is 15.1 Å². The highest BCUT2D eigenvalue weighted by atomic mass is 32.2. The number of carbonyl (C=O) groups is 1. The number of benzene rings is 3. The molecule has 1 fully saturated rings. The lowest BCUT2D eigenvalue weighted by Crippen LogP contribution is -2.48. The van der Waals surface area contributed by atoms with Crippen LogP contribution in [0.5, 0.6) is 0 Å². The van der Waals surface area contributed by atoms with Crippen molar-refractivity contribution in [3.8, 4) is 0 Å². The average molecular weight is 497 g/mol. The normalized spacial score (nSPS) is 14.4. The molecule has 4 aromatic rings. The average Bonchev–Trinajstić information content (AvgIpc) is 3.29. The Bertz CT molecular complexity index is 1400. The van der Waals surface area contributed by atoms with Crippen molar-refractivity contribution < 1.29 is 17.6 Å². The fourth-order valence-corrected chi connectivity index (χ4v) is 5.86. The van der Waals surface area contributed by atoms with E-state index in [9.17, 15) is 17.6 Å². The van der Waals surface area contributed by atoms with E-state index in [1.54, 1.807) is 40.5 Å². The predicted molar refractivity (Wildman–Crippen MR) is 131 cm³/mol. The van der Waals surface area contributed by atoms with Crippen LogP contribution < -0.4 is 9.62 Å².